The van der Waals surface area contributed by atoms with Crippen LogP contribution in [-0.2, 0) is 0 Å². The van der Waals surface area contributed by atoms with Crippen molar-refractivity contribution in [2.75, 3.05) is 6.26 Å². The Morgan fingerprint density at radius 1 is 1.00 bits per heavy atom. The highest BCUT2D eigenvalue weighted by atomic mass is 32.2. The Morgan fingerprint density at radius 2 is 1.76 bits per heavy atom. The first kappa shape index (κ1) is 10.5. The topological polar surface area (TPSA) is 15.8 Å². The number of aromatic amines is 1. The van der Waals surface area contributed by atoms with Crippen molar-refractivity contribution >= 4 is 22.5 Å². The second-order valence-electron chi connectivity index (χ2n) is 4.00. The Kier molecular flexibility index (Phi) is 2.65. The van der Waals surface area contributed by atoms with Crippen molar-refractivity contribution in [3.8, 4) is 11.1 Å². The van der Waals surface area contributed by atoms with Gasteiger partial charge in [-0.1, -0.05) is 24.3 Å². The van der Waals surface area contributed by atoms with Gasteiger partial charge < -0.3 is 4.98 Å². The molecule has 2 aromatic carbocycles. The molecule has 0 radical (unpaired) electrons. The highest BCUT2D eigenvalue weighted by Crippen LogP contribution is 2.33. The fourth-order valence-electron chi connectivity index (χ4n) is 2.11. The van der Waals surface area contributed by atoms with Crippen LogP contribution < -0.4 is 0 Å². The molecule has 0 aliphatic carbocycles. The predicted octanol–water partition coefficient (Wildman–Crippen LogP) is 4.56. The first-order valence-corrected chi connectivity index (χ1v) is 6.81. The smallest absolute Gasteiger partial charge is 0.0155 e. The molecule has 0 aliphatic heterocycles. The van der Waals surface area contributed by atoms with Crippen LogP contribution in [0, 0.1) is 0 Å². The summed E-state index contributed by atoms with van der Waals surface area (Å²) in [6.07, 6.45) is 6.14. The van der Waals surface area contributed by atoms with Crippen molar-refractivity contribution in [2.45, 2.75) is 4.90 Å². The van der Waals surface area contributed by atoms with Crippen LogP contribution in [0.25, 0.3) is 21.9 Å². The number of fused-ring (bicyclic) bond motifs is 1. The Hall–Kier alpha value is -1.67. The lowest BCUT2D eigenvalue weighted by molar-refractivity contribution is 1.41. The summed E-state index contributed by atoms with van der Waals surface area (Å²) in [5.74, 6) is 0. The van der Waals surface area contributed by atoms with Crippen molar-refractivity contribution in [3.05, 3.63) is 54.9 Å². The standard InChI is InChI=1S/C15H13NS/c1-17-15-9-12-5-3-2-4-11(12)8-14(15)13-6-7-16-10-13/h2-10,16H,1H3. The molecule has 3 rings (SSSR count). The largest absolute Gasteiger partial charge is 0.367 e. The third-order valence-electron chi connectivity index (χ3n) is 2.98. The Balaban J connectivity index is 2.29. The summed E-state index contributed by atoms with van der Waals surface area (Å²) in [5, 5.41) is 2.60. The van der Waals surface area contributed by atoms with E-state index in [0.29, 0.717) is 0 Å². The van der Waals surface area contributed by atoms with Crippen LogP contribution in [0.5, 0.6) is 0 Å². The summed E-state index contributed by atoms with van der Waals surface area (Å²) in [5.41, 5.74) is 2.55. The second kappa shape index (κ2) is 4.30. The zero-order valence-electron chi connectivity index (χ0n) is 9.60. The highest BCUT2D eigenvalue weighted by Gasteiger charge is 2.06. The molecule has 84 valence electrons. The molecular weight excluding hydrogens is 226 g/mol. The van der Waals surface area contributed by atoms with Gasteiger partial charge in [0.25, 0.3) is 0 Å². The monoisotopic (exact) mass is 239 g/mol. The molecule has 0 fully saturated rings. The van der Waals surface area contributed by atoms with Gasteiger partial charge in [-0.15, -0.1) is 11.8 Å². The first-order chi connectivity index (χ1) is 8.38. The Morgan fingerprint density at radius 3 is 2.41 bits per heavy atom. The molecule has 0 aliphatic rings. The molecule has 1 heterocycles. The number of rotatable bonds is 2. The van der Waals surface area contributed by atoms with E-state index < -0.39 is 0 Å². The maximum atomic E-state index is 3.12. The zero-order valence-corrected chi connectivity index (χ0v) is 10.4. The molecule has 1 aromatic heterocycles. The molecule has 1 N–H and O–H groups in total. The maximum absolute atomic E-state index is 3.12. The van der Waals surface area contributed by atoms with E-state index in [9.17, 15) is 0 Å². The van der Waals surface area contributed by atoms with E-state index in [-0.39, 0.29) is 0 Å². The van der Waals surface area contributed by atoms with Gasteiger partial charge in [-0.3, -0.25) is 0 Å². The third kappa shape index (κ3) is 1.85. The fourth-order valence-corrected chi connectivity index (χ4v) is 2.75. The number of hydrogen-bond donors (Lipinski definition) is 1. The molecular formula is C15H13NS. The molecule has 0 saturated carbocycles. The van der Waals surface area contributed by atoms with Crippen molar-refractivity contribution in [3.63, 3.8) is 0 Å². The molecule has 1 nitrogen and oxygen atoms in total. The molecule has 2 heteroatoms. The van der Waals surface area contributed by atoms with Gasteiger partial charge in [-0.25, -0.2) is 0 Å². The minimum atomic E-state index is 1.25. The van der Waals surface area contributed by atoms with Crippen molar-refractivity contribution in [2.24, 2.45) is 0 Å². The molecule has 0 atom stereocenters. The summed E-state index contributed by atoms with van der Waals surface area (Å²) < 4.78 is 0. The van der Waals surface area contributed by atoms with E-state index in [1.165, 1.54) is 26.8 Å². The SMILES string of the molecule is CSc1cc2ccccc2cc1-c1cc[nH]c1. The molecule has 0 amide bonds. The number of benzene rings is 2. The van der Waals surface area contributed by atoms with Crippen LogP contribution in [0.3, 0.4) is 0 Å². The van der Waals surface area contributed by atoms with E-state index >= 15 is 0 Å². The average Bonchev–Trinajstić information content (AvgIpc) is 2.91. The van der Waals surface area contributed by atoms with Crippen molar-refractivity contribution in [1.29, 1.82) is 0 Å². The van der Waals surface area contributed by atoms with Gasteiger partial charge in [0.05, 0.1) is 0 Å². The normalized spacial score (nSPS) is 10.9. The highest BCUT2D eigenvalue weighted by molar-refractivity contribution is 7.98. The van der Waals surface area contributed by atoms with E-state index in [2.05, 4.69) is 53.7 Å². The minimum Gasteiger partial charge on any atom is -0.367 e. The first-order valence-electron chi connectivity index (χ1n) is 5.58. The number of H-pyrrole nitrogens is 1. The van der Waals surface area contributed by atoms with E-state index in [4.69, 9.17) is 0 Å². The van der Waals surface area contributed by atoms with Crippen molar-refractivity contribution < 1.29 is 0 Å². The minimum absolute atomic E-state index is 1.25. The average molecular weight is 239 g/mol. The molecule has 0 unspecified atom stereocenters. The van der Waals surface area contributed by atoms with Gasteiger partial charge in [0.1, 0.15) is 0 Å². The van der Waals surface area contributed by atoms with Gasteiger partial charge >= 0.3 is 0 Å². The molecule has 0 spiro atoms. The van der Waals surface area contributed by atoms with Gasteiger partial charge in [0.2, 0.25) is 0 Å². The Bertz CT molecular complexity index is 641. The Labute approximate surface area is 105 Å². The van der Waals surface area contributed by atoms with Gasteiger partial charge in [0.15, 0.2) is 0 Å². The van der Waals surface area contributed by atoms with Crippen LogP contribution in [0.15, 0.2) is 59.8 Å². The van der Waals surface area contributed by atoms with Crippen LogP contribution in [-0.4, -0.2) is 11.2 Å². The summed E-state index contributed by atoms with van der Waals surface area (Å²) in [4.78, 5) is 4.44. The summed E-state index contributed by atoms with van der Waals surface area (Å²) in [6, 6.07) is 15.1. The lowest BCUT2D eigenvalue weighted by atomic mass is 10.0. The van der Waals surface area contributed by atoms with Gasteiger partial charge in [0, 0.05) is 22.9 Å². The molecule has 17 heavy (non-hydrogen) atoms. The van der Waals surface area contributed by atoms with Gasteiger partial charge in [-0.2, -0.15) is 0 Å². The number of hydrogen-bond acceptors (Lipinski definition) is 1. The summed E-state index contributed by atoms with van der Waals surface area (Å²) in [6.45, 7) is 0. The number of nitrogens with one attached hydrogen (secondary N) is 1. The maximum Gasteiger partial charge on any atom is 0.0155 e. The van der Waals surface area contributed by atoms with Crippen LogP contribution >= 0.6 is 11.8 Å². The fraction of sp³-hybridized carbons (Fsp3) is 0.0667. The van der Waals surface area contributed by atoms with Gasteiger partial charge in [-0.05, 0) is 40.8 Å². The number of aromatic nitrogens is 1. The second-order valence-corrected chi connectivity index (χ2v) is 4.85. The number of thioether (sulfide) groups is 1. The van der Waals surface area contributed by atoms with E-state index in [1.54, 1.807) is 11.8 Å². The lowest BCUT2D eigenvalue weighted by Gasteiger charge is -2.08. The van der Waals surface area contributed by atoms with Crippen LogP contribution in [0.1, 0.15) is 0 Å². The zero-order chi connectivity index (χ0) is 11.7. The molecule has 0 saturated heterocycles. The summed E-state index contributed by atoms with van der Waals surface area (Å²) in [7, 11) is 0. The lowest BCUT2D eigenvalue weighted by Crippen LogP contribution is -1.82. The molecule has 3 aromatic rings. The van der Waals surface area contributed by atoms with Crippen molar-refractivity contribution in [1.82, 2.24) is 4.98 Å². The predicted molar refractivity (Wildman–Crippen MR) is 75.5 cm³/mol. The summed E-state index contributed by atoms with van der Waals surface area (Å²) >= 11 is 1.79. The quantitative estimate of drug-likeness (QED) is 0.648. The third-order valence-corrected chi connectivity index (χ3v) is 3.75. The van der Waals surface area contributed by atoms with E-state index in [1.807, 2.05) is 12.4 Å². The molecule has 0 bridgehead atoms. The van der Waals surface area contributed by atoms with Crippen LogP contribution in [0.2, 0.25) is 0 Å². The van der Waals surface area contributed by atoms with E-state index in [0.717, 1.165) is 0 Å². The van der Waals surface area contributed by atoms with Crippen LogP contribution in [0.4, 0.5) is 0 Å².